The van der Waals surface area contributed by atoms with E-state index in [-0.39, 0.29) is 10.7 Å². The standard InChI is InChI=1S/C13H17BrClNO3/c1-16(7-9(14)8-18-2)13(17)11-5-4-10(15)6-12(11)19-3/h4-6,9H,7-8H2,1-3H3. The number of halogens is 2. The Morgan fingerprint density at radius 2 is 2.16 bits per heavy atom. The van der Waals surface area contributed by atoms with Crippen molar-refractivity contribution < 1.29 is 14.3 Å². The molecule has 0 aliphatic carbocycles. The van der Waals surface area contributed by atoms with E-state index < -0.39 is 0 Å². The maximum absolute atomic E-state index is 12.3. The van der Waals surface area contributed by atoms with E-state index in [1.807, 2.05) is 0 Å². The van der Waals surface area contributed by atoms with Crippen LogP contribution in [-0.2, 0) is 4.74 Å². The van der Waals surface area contributed by atoms with Crippen molar-refractivity contribution in [1.29, 1.82) is 0 Å². The lowest BCUT2D eigenvalue weighted by Gasteiger charge is -2.21. The molecule has 4 nitrogen and oxygen atoms in total. The lowest BCUT2D eigenvalue weighted by atomic mass is 10.1. The van der Waals surface area contributed by atoms with Gasteiger partial charge in [-0.3, -0.25) is 4.79 Å². The summed E-state index contributed by atoms with van der Waals surface area (Å²) in [6.07, 6.45) is 0. The average Bonchev–Trinajstić information content (AvgIpc) is 2.37. The molecule has 0 aliphatic rings. The van der Waals surface area contributed by atoms with E-state index in [1.54, 1.807) is 37.3 Å². The first kappa shape index (κ1) is 16.3. The number of carbonyl (C=O) groups is 1. The number of nitrogens with zero attached hydrogens (tertiary/aromatic N) is 1. The van der Waals surface area contributed by atoms with Gasteiger partial charge in [-0.15, -0.1) is 0 Å². The predicted octanol–water partition coefficient (Wildman–Crippen LogP) is 2.83. The molecule has 1 amide bonds. The molecule has 106 valence electrons. The smallest absolute Gasteiger partial charge is 0.257 e. The minimum atomic E-state index is -0.117. The van der Waals surface area contributed by atoms with Crippen LogP contribution in [0.5, 0.6) is 5.75 Å². The van der Waals surface area contributed by atoms with Gasteiger partial charge in [0.15, 0.2) is 0 Å². The average molecular weight is 351 g/mol. The molecule has 19 heavy (non-hydrogen) atoms. The molecule has 0 aromatic heterocycles. The quantitative estimate of drug-likeness (QED) is 0.741. The van der Waals surface area contributed by atoms with Crippen molar-refractivity contribution in [2.75, 3.05) is 34.4 Å². The number of benzene rings is 1. The van der Waals surface area contributed by atoms with Crippen LogP contribution in [0.15, 0.2) is 18.2 Å². The van der Waals surface area contributed by atoms with Gasteiger partial charge in [0.1, 0.15) is 5.75 Å². The van der Waals surface area contributed by atoms with Crippen molar-refractivity contribution in [1.82, 2.24) is 4.90 Å². The van der Waals surface area contributed by atoms with Crippen molar-refractivity contribution in [3.05, 3.63) is 28.8 Å². The Hall–Kier alpha value is -0.780. The zero-order valence-corrected chi connectivity index (χ0v) is 13.5. The molecular formula is C13H17BrClNO3. The van der Waals surface area contributed by atoms with Crippen molar-refractivity contribution in [3.63, 3.8) is 0 Å². The molecule has 0 saturated carbocycles. The maximum Gasteiger partial charge on any atom is 0.257 e. The fraction of sp³-hybridized carbons (Fsp3) is 0.462. The second-order valence-electron chi connectivity index (χ2n) is 4.08. The van der Waals surface area contributed by atoms with Crippen LogP contribution in [0.3, 0.4) is 0 Å². The molecule has 1 aromatic rings. The molecule has 0 radical (unpaired) electrons. The Morgan fingerprint density at radius 3 is 2.74 bits per heavy atom. The maximum atomic E-state index is 12.3. The number of hydrogen-bond donors (Lipinski definition) is 0. The summed E-state index contributed by atoms with van der Waals surface area (Å²) in [5, 5.41) is 0.536. The van der Waals surface area contributed by atoms with Crippen LogP contribution in [-0.4, -0.2) is 50.1 Å². The second-order valence-corrected chi connectivity index (χ2v) is 5.81. The van der Waals surface area contributed by atoms with Gasteiger partial charge in [0.2, 0.25) is 0 Å². The van der Waals surface area contributed by atoms with E-state index in [9.17, 15) is 4.79 Å². The highest BCUT2D eigenvalue weighted by molar-refractivity contribution is 9.09. The highest BCUT2D eigenvalue weighted by Gasteiger charge is 2.19. The molecule has 0 fully saturated rings. The third-order valence-electron chi connectivity index (χ3n) is 2.56. The first-order chi connectivity index (χ1) is 8.99. The summed E-state index contributed by atoms with van der Waals surface area (Å²) in [5.74, 6) is 0.358. The third kappa shape index (κ3) is 4.67. The van der Waals surface area contributed by atoms with Gasteiger partial charge in [-0.2, -0.15) is 0 Å². The van der Waals surface area contributed by atoms with Crippen LogP contribution < -0.4 is 4.74 Å². The molecule has 0 saturated heterocycles. The minimum Gasteiger partial charge on any atom is -0.496 e. The lowest BCUT2D eigenvalue weighted by molar-refractivity contribution is 0.0781. The monoisotopic (exact) mass is 349 g/mol. The summed E-state index contributed by atoms with van der Waals surface area (Å²) in [5.41, 5.74) is 0.492. The molecule has 1 rings (SSSR count). The van der Waals surface area contributed by atoms with Gasteiger partial charge in [0, 0.05) is 25.7 Å². The van der Waals surface area contributed by atoms with Gasteiger partial charge in [-0.1, -0.05) is 27.5 Å². The van der Waals surface area contributed by atoms with Crippen molar-refractivity contribution in [3.8, 4) is 5.75 Å². The Labute approximate surface area is 126 Å². The van der Waals surface area contributed by atoms with Gasteiger partial charge >= 0.3 is 0 Å². The summed E-state index contributed by atoms with van der Waals surface area (Å²) in [7, 11) is 4.87. The van der Waals surface area contributed by atoms with E-state index >= 15 is 0 Å². The number of amides is 1. The predicted molar refractivity (Wildman–Crippen MR) is 79.6 cm³/mol. The second kappa shape index (κ2) is 7.72. The Morgan fingerprint density at radius 1 is 1.47 bits per heavy atom. The van der Waals surface area contributed by atoms with Crippen molar-refractivity contribution in [2.24, 2.45) is 0 Å². The zero-order valence-electron chi connectivity index (χ0n) is 11.2. The summed E-state index contributed by atoms with van der Waals surface area (Å²) < 4.78 is 10.2. The van der Waals surface area contributed by atoms with E-state index in [1.165, 1.54) is 7.11 Å². The van der Waals surface area contributed by atoms with Crippen LogP contribution >= 0.6 is 27.5 Å². The van der Waals surface area contributed by atoms with Crippen LogP contribution in [0, 0.1) is 0 Å². The summed E-state index contributed by atoms with van der Waals surface area (Å²) >= 11 is 9.33. The zero-order chi connectivity index (χ0) is 14.4. The number of rotatable bonds is 6. The summed E-state index contributed by atoms with van der Waals surface area (Å²) in [6, 6.07) is 4.97. The number of ether oxygens (including phenoxy) is 2. The third-order valence-corrected chi connectivity index (χ3v) is 3.35. The molecule has 1 unspecified atom stereocenters. The molecule has 0 heterocycles. The largest absolute Gasteiger partial charge is 0.496 e. The molecule has 0 bridgehead atoms. The fourth-order valence-corrected chi connectivity index (χ4v) is 2.52. The molecular weight excluding hydrogens is 334 g/mol. The van der Waals surface area contributed by atoms with Crippen molar-refractivity contribution in [2.45, 2.75) is 4.83 Å². The number of hydrogen-bond acceptors (Lipinski definition) is 3. The molecule has 0 spiro atoms. The molecule has 1 aromatic carbocycles. The van der Waals surface area contributed by atoms with Gasteiger partial charge in [0.05, 0.1) is 24.1 Å². The van der Waals surface area contributed by atoms with E-state index in [2.05, 4.69) is 15.9 Å². The topological polar surface area (TPSA) is 38.8 Å². The normalized spacial score (nSPS) is 12.1. The van der Waals surface area contributed by atoms with Gasteiger partial charge < -0.3 is 14.4 Å². The van der Waals surface area contributed by atoms with Gasteiger partial charge in [0.25, 0.3) is 5.91 Å². The number of carbonyl (C=O) groups excluding carboxylic acids is 1. The number of methoxy groups -OCH3 is 2. The Kier molecular flexibility index (Phi) is 6.62. The Bertz CT molecular complexity index is 442. The van der Waals surface area contributed by atoms with Crippen LogP contribution in [0.4, 0.5) is 0 Å². The first-order valence-corrected chi connectivity index (χ1v) is 7.01. The van der Waals surface area contributed by atoms with Crippen LogP contribution in [0.2, 0.25) is 5.02 Å². The molecule has 0 N–H and O–H groups in total. The van der Waals surface area contributed by atoms with E-state index in [4.69, 9.17) is 21.1 Å². The van der Waals surface area contributed by atoms with E-state index in [0.717, 1.165) is 0 Å². The molecule has 1 atom stereocenters. The molecule has 0 aliphatic heterocycles. The summed E-state index contributed by atoms with van der Waals surface area (Å²) in [4.78, 5) is 14.0. The Balaban J connectivity index is 2.82. The first-order valence-electron chi connectivity index (χ1n) is 5.71. The van der Waals surface area contributed by atoms with Gasteiger partial charge in [-0.05, 0) is 18.2 Å². The minimum absolute atomic E-state index is 0.0877. The van der Waals surface area contributed by atoms with Gasteiger partial charge in [-0.25, -0.2) is 0 Å². The fourth-order valence-electron chi connectivity index (χ4n) is 1.66. The van der Waals surface area contributed by atoms with E-state index in [0.29, 0.717) is 29.5 Å². The van der Waals surface area contributed by atoms with Crippen LogP contribution in [0.25, 0.3) is 0 Å². The SMILES string of the molecule is COCC(Br)CN(C)C(=O)c1ccc(Cl)cc1OC. The number of alkyl halides is 1. The lowest BCUT2D eigenvalue weighted by Crippen LogP contribution is -2.33. The van der Waals surface area contributed by atoms with Crippen molar-refractivity contribution >= 4 is 33.4 Å². The molecule has 6 heteroatoms. The highest BCUT2D eigenvalue weighted by atomic mass is 79.9. The highest BCUT2D eigenvalue weighted by Crippen LogP contribution is 2.24. The summed E-state index contributed by atoms with van der Waals surface area (Å²) in [6.45, 7) is 1.08. The van der Waals surface area contributed by atoms with Crippen LogP contribution in [0.1, 0.15) is 10.4 Å².